The Morgan fingerprint density at radius 3 is 2.15 bits per heavy atom. The lowest BCUT2D eigenvalue weighted by Crippen LogP contribution is -2.53. The van der Waals surface area contributed by atoms with Crippen LogP contribution in [-0.2, 0) is 26.2 Å². The van der Waals surface area contributed by atoms with Crippen molar-refractivity contribution in [2.75, 3.05) is 26.3 Å². The number of rotatable bonds is 7. The van der Waals surface area contributed by atoms with Crippen LogP contribution in [-0.4, -0.2) is 85.2 Å². The molecule has 3 aliphatic rings. The minimum atomic E-state index is -0.916. The molecule has 7 rings (SSSR count). The summed E-state index contributed by atoms with van der Waals surface area (Å²) in [5.41, 5.74) is 4.91. The van der Waals surface area contributed by atoms with Gasteiger partial charge >= 0.3 is 12.2 Å². The van der Waals surface area contributed by atoms with Crippen LogP contribution in [0.15, 0.2) is 54.7 Å². The van der Waals surface area contributed by atoms with E-state index in [2.05, 4.69) is 79.3 Å². The van der Waals surface area contributed by atoms with E-state index in [1.165, 1.54) is 0 Å². The number of carbonyl (C=O) groups is 2. The lowest BCUT2D eigenvalue weighted by Gasteiger charge is -2.45. The highest BCUT2D eigenvalue weighted by Crippen LogP contribution is 2.50. The van der Waals surface area contributed by atoms with Gasteiger partial charge in [-0.1, -0.05) is 69.3 Å². The molecule has 0 radical (unpaired) electrons. The van der Waals surface area contributed by atoms with E-state index >= 15 is 0 Å². The van der Waals surface area contributed by atoms with Crippen LogP contribution in [0.2, 0.25) is 0 Å². The molecule has 3 saturated heterocycles. The van der Waals surface area contributed by atoms with Crippen molar-refractivity contribution in [2.45, 2.75) is 104 Å². The standard InChI is InChI=1S/C41H52N6O6/c1-39(2,3)41(19-8-21-47(41)37(48)49)36-42-25-31(44-36)28-15-11-26(12-16-28)27-13-17-29(18-14-27)34-30(24-33-51-22-9-23-52-33)43-35(45-34)32-10-7-20-46(32)38(50)53-40(4,5)6/h11-18,25,32-33H,7-10,19-24H2,1-6H3,(H,42,44)(H,43,45)(H,48,49)/t32-,41+/m0/s1. The van der Waals surface area contributed by atoms with E-state index in [1.807, 2.05) is 27.0 Å². The third-order valence-electron chi connectivity index (χ3n) is 10.8. The van der Waals surface area contributed by atoms with Crippen molar-refractivity contribution in [2.24, 2.45) is 5.41 Å². The van der Waals surface area contributed by atoms with Crippen LogP contribution < -0.4 is 0 Å². The summed E-state index contributed by atoms with van der Waals surface area (Å²) in [6.07, 6.45) is 4.82. The summed E-state index contributed by atoms with van der Waals surface area (Å²) in [5.74, 6) is 1.43. The molecular formula is C41H52N6O6. The van der Waals surface area contributed by atoms with Crippen molar-refractivity contribution < 1.29 is 28.9 Å². The predicted molar refractivity (Wildman–Crippen MR) is 201 cm³/mol. The van der Waals surface area contributed by atoms with E-state index in [1.54, 1.807) is 9.80 Å². The molecule has 53 heavy (non-hydrogen) atoms. The number of nitrogens with one attached hydrogen (secondary N) is 2. The van der Waals surface area contributed by atoms with Gasteiger partial charge in [-0.25, -0.2) is 19.6 Å². The third-order valence-corrected chi connectivity index (χ3v) is 10.8. The Hall–Kier alpha value is -4.68. The summed E-state index contributed by atoms with van der Waals surface area (Å²) in [7, 11) is 0. The number of imidazole rings is 2. The van der Waals surface area contributed by atoms with Crippen LogP contribution in [0.4, 0.5) is 9.59 Å². The monoisotopic (exact) mass is 724 g/mol. The van der Waals surface area contributed by atoms with Gasteiger partial charge in [-0.3, -0.25) is 9.80 Å². The van der Waals surface area contributed by atoms with Gasteiger partial charge in [-0.15, -0.1) is 0 Å². The second-order valence-corrected chi connectivity index (χ2v) is 16.4. The first-order valence-corrected chi connectivity index (χ1v) is 18.8. The molecular weight excluding hydrogens is 672 g/mol. The van der Waals surface area contributed by atoms with E-state index in [-0.39, 0.29) is 23.8 Å². The second kappa shape index (κ2) is 14.3. The highest BCUT2D eigenvalue weighted by atomic mass is 16.7. The number of likely N-dealkylation sites (tertiary alicyclic amines) is 2. The van der Waals surface area contributed by atoms with Crippen molar-refractivity contribution in [3.05, 3.63) is 72.1 Å². The molecule has 4 aromatic rings. The first kappa shape index (κ1) is 36.7. The van der Waals surface area contributed by atoms with Crippen LogP contribution in [0.25, 0.3) is 33.6 Å². The summed E-state index contributed by atoms with van der Waals surface area (Å²) in [5, 5.41) is 10.1. The molecule has 0 unspecified atom stereocenters. The number of benzene rings is 2. The summed E-state index contributed by atoms with van der Waals surface area (Å²) in [6, 6.07) is 16.5. The summed E-state index contributed by atoms with van der Waals surface area (Å²) >= 11 is 0. The van der Waals surface area contributed by atoms with E-state index in [0.717, 1.165) is 77.3 Å². The lowest BCUT2D eigenvalue weighted by molar-refractivity contribution is -0.177. The maximum atomic E-state index is 13.1. The molecule has 5 heterocycles. The summed E-state index contributed by atoms with van der Waals surface area (Å²) in [4.78, 5) is 45.7. The molecule has 2 aromatic carbocycles. The number of H-pyrrole nitrogens is 2. The van der Waals surface area contributed by atoms with Gasteiger partial charge in [0.15, 0.2) is 6.29 Å². The lowest BCUT2D eigenvalue weighted by atomic mass is 9.71. The SMILES string of the molecule is CC(C)(C)OC(=O)N1CCC[C@H]1c1nc(CC2OCCCO2)c(-c2ccc(-c3ccc(-c4c[nH]c([C@@]5(C(C)(C)C)CCCN5C(=O)O)n4)cc3)cc2)[nH]1. The maximum absolute atomic E-state index is 13.1. The zero-order chi connectivity index (χ0) is 37.5. The normalized spacial score (nSPS) is 21.4. The molecule has 0 saturated carbocycles. The van der Waals surface area contributed by atoms with E-state index in [4.69, 9.17) is 24.2 Å². The Kier molecular flexibility index (Phi) is 9.88. The van der Waals surface area contributed by atoms with E-state index in [0.29, 0.717) is 38.5 Å². The highest BCUT2D eigenvalue weighted by molar-refractivity contribution is 5.73. The Morgan fingerprint density at radius 1 is 0.887 bits per heavy atom. The Bertz CT molecular complexity index is 1920. The summed E-state index contributed by atoms with van der Waals surface area (Å²) in [6.45, 7) is 14.3. The Balaban J connectivity index is 1.12. The van der Waals surface area contributed by atoms with Gasteiger partial charge in [0.25, 0.3) is 0 Å². The molecule has 0 bridgehead atoms. The van der Waals surface area contributed by atoms with Crippen LogP contribution >= 0.6 is 0 Å². The quantitative estimate of drug-likeness (QED) is 0.172. The van der Waals surface area contributed by atoms with Crippen molar-refractivity contribution in [3.8, 4) is 33.6 Å². The minimum absolute atomic E-state index is 0.206. The molecule has 2 aromatic heterocycles. The van der Waals surface area contributed by atoms with Crippen molar-refractivity contribution in [1.82, 2.24) is 29.7 Å². The number of aromatic nitrogens is 4. The molecule has 2 atom stereocenters. The average molecular weight is 725 g/mol. The van der Waals surface area contributed by atoms with Crippen LogP contribution in [0.5, 0.6) is 0 Å². The smallest absolute Gasteiger partial charge is 0.410 e. The predicted octanol–water partition coefficient (Wildman–Crippen LogP) is 8.53. The highest BCUT2D eigenvalue weighted by Gasteiger charge is 2.55. The number of carboxylic acid groups (broad SMARTS) is 1. The number of nitrogens with zero attached hydrogens (tertiary/aromatic N) is 4. The molecule has 3 N–H and O–H groups in total. The summed E-state index contributed by atoms with van der Waals surface area (Å²) < 4.78 is 17.5. The molecule has 0 spiro atoms. The number of hydrogen-bond acceptors (Lipinski definition) is 7. The molecule has 282 valence electrons. The van der Waals surface area contributed by atoms with Gasteiger partial charge in [0.1, 0.15) is 22.8 Å². The number of aromatic amines is 2. The van der Waals surface area contributed by atoms with E-state index < -0.39 is 17.2 Å². The van der Waals surface area contributed by atoms with Crippen molar-refractivity contribution in [3.63, 3.8) is 0 Å². The van der Waals surface area contributed by atoms with Gasteiger partial charge in [0, 0.05) is 31.3 Å². The van der Waals surface area contributed by atoms with Crippen LogP contribution in [0.3, 0.4) is 0 Å². The number of hydrogen-bond donors (Lipinski definition) is 3. The van der Waals surface area contributed by atoms with Crippen molar-refractivity contribution in [1.29, 1.82) is 0 Å². The zero-order valence-corrected chi connectivity index (χ0v) is 31.7. The zero-order valence-electron chi connectivity index (χ0n) is 31.7. The maximum Gasteiger partial charge on any atom is 0.410 e. The molecule has 0 aliphatic carbocycles. The van der Waals surface area contributed by atoms with Gasteiger partial charge in [-0.2, -0.15) is 0 Å². The molecule has 3 fully saturated rings. The van der Waals surface area contributed by atoms with Gasteiger partial charge in [-0.05, 0) is 75.0 Å². The van der Waals surface area contributed by atoms with Gasteiger partial charge < -0.3 is 29.3 Å². The van der Waals surface area contributed by atoms with Gasteiger partial charge in [0.2, 0.25) is 0 Å². The van der Waals surface area contributed by atoms with Crippen LogP contribution in [0.1, 0.15) is 97.0 Å². The number of carbonyl (C=O) groups excluding carboxylic acids is 1. The fourth-order valence-electron chi connectivity index (χ4n) is 8.18. The molecule has 12 heteroatoms. The van der Waals surface area contributed by atoms with Gasteiger partial charge in [0.05, 0.1) is 36.3 Å². The van der Waals surface area contributed by atoms with Crippen LogP contribution in [0, 0.1) is 5.41 Å². The molecule has 3 aliphatic heterocycles. The Labute approximate surface area is 311 Å². The molecule has 12 nitrogen and oxygen atoms in total. The fraction of sp³-hybridized carbons (Fsp3) is 0.512. The largest absolute Gasteiger partial charge is 0.465 e. The minimum Gasteiger partial charge on any atom is -0.465 e. The van der Waals surface area contributed by atoms with Crippen molar-refractivity contribution >= 4 is 12.2 Å². The first-order valence-electron chi connectivity index (χ1n) is 18.8. The third kappa shape index (κ3) is 7.31. The first-order chi connectivity index (χ1) is 25.2. The Morgan fingerprint density at radius 2 is 1.53 bits per heavy atom. The fourth-order valence-corrected chi connectivity index (χ4v) is 8.18. The average Bonchev–Trinajstić information content (AvgIpc) is 3.94. The number of ether oxygens (including phenoxy) is 3. The topological polar surface area (TPSA) is 146 Å². The second-order valence-electron chi connectivity index (χ2n) is 16.4. The number of amides is 2. The van der Waals surface area contributed by atoms with E-state index in [9.17, 15) is 14.7 Å². The molecule has 2 amide bonds.